The smallest absolute Gasteiger partial charge is 0.257 e. The van der Waals surface area contributed by atoms with Gasteiger partial charge < -0.3 is 10.3 Å². The largest absolute Gasteiger partial charge is 0.343 e. The van der Waals surface area contributed by atoms with E-state index in [1.165, 1.54) is 22.9 Å². The number of allylic oxidation sites excluding steroid dienone is 2. The average molecular weight is 472 g/mol. The monoisotopic (exact) mass is 471 g/mol. The number of carbonyl (C=O) groups excluding carboxylic acids is 1. The fourth-order valence-electron chi connectivity index (χ4n) is 4.97. The minimum atomic E-state index is -0.415. The third-order valence-corrected chi connectivity index (χ3v) is 7.66. The van der Waals surface area contributed by atoms with Crippen molar-refractivity contribution in [2.75, 3.05) is 5.32 Å². The molecule has 0 spiro atoms. The Bertz CT molecular complexity index is 1370. The van der Waals surface area contributed by atoms with E-state index in [0.717, 1.165) is 29.0 Å². The standard InChI is InChI=1S/C28H29N3O2S/c1-16-9-11-18(12-10-16)22-23-20(13-28(3,4)14-21(23)32)29-25-24(22)26(33)31-27(30-25)34-15-19-8-6-5-7-17(19)2/h5-12,22H,13-15H2,1-4H3,(H2,29,30,31,33). The number of carbonyl (C=O) groups is 1. The summed E-state index contributed by atoms with van der Waals surface area (Å²) >= 11 is 1.51. The summed E-state index contributed by atoms with van der Waals surface area (Å²) in [5, 5.41) is 3.98. The molecule has 0 bridgehead atoms. The fraction of sp³-hybridized carbons (Fsp3) is 0.321. The maximum Gasteiger partial charge on any atom is 0.257 e. The van der Waals surface area contributed by atoms with Crippen LogP contribution in [0.3, 0.4) is 0 Å². The summed E-state index contributed by atoms with van der Waals surface area (Å²) in [6, 6.07) is 16.3. The second-order valence-electron chi connectivity index (χ2n) is 10.2. The first-order valence-electron chi connectivity index (χ1n) is 11.6. The average Bonchev–Trinajstić information content (AvgIpc) is 2.77. The molecule has 3 aromatic rings. The number of Topliss-reactive ketones (excluding diaryl/α,β-unsaturated/α-hetero) is 1. The van der Waals surface area contributed by atoms with Crippen LogP contribution in [0.5, 0.6) is 0 Å². The predicted octanol–water partition coefficient (Wildman–Crippen LogP) is 5.88. The summed E-state index contributed by atoms with van der Waals surface area (Å²) in [6.07, 6.45) is 1.22. The highest BCUT2D eigenvalue weighted by Gasteiger charge is 2.42. The number of aromatic amines is 1. The van der Waals surface area contributed by atoms with E-state index in [2.05, 4.69) is 43.2 Å². The van der Waals surface area contributed by atoms with Crippen LogP contribution in [0, 0.1) is 19.3 Å². The molecule has 0 radical (unpaired) electrons. The Kier molecular flexibility index (Phi) is 5.72. The third-order valence-electron chi connectivity index (χ3n) is 6.74. The van der Waals surface area contributed by atoms with Crippen molar-refractivity contribution in [3.05, 3.63) is 98.0 Å². The summed E-state index contributed by atoms with van der Waals surface area (Å²) in [6.45, 7) is 8.34. The highest BCUT2D eigenvalue weighted by atomic mass is 32.2. The number of thioether (sulfide) groups is 1. The van der Waals surface area contributed by atoms with Crippen LogP contribution < -0.4 is 10.9 Å². The zero-order chi connectivity index (χ0) is 24.0. The highest BCUT2D eigenvalue weighted by Crippen LogP contribution is 2.47. The zero-order valence-corrected chi connectivity index (χ0v) is 20.8. The molecule has 0 saturated carbocycles. The van der Waals surface area contributed by atoms with Crippen LogP contribution in [0.15, 0.2) is 69.8 Å². The van der Waals surface area contributed by atoms with Crippen LogP contribution in [0.1, 0.15) is 60.4 Å². The van der Waals surface area contributed by atoms with Gasteiger partial charge >= 0.3 is 0 Å². The van der Waals surface area contributed by atoms with E-state index in [4.69, 9.17) is 4.98 Å². The Morgan fingerprint density at radius 1 is 1.03 bits per heavy atom. The summed E-state index contributed by atoms with van der Waals surface area (Å²) < 4.78 is 0. The Balaban J connectivity index is 1.59. The Labute approximate surface area is 204 Å². The van der Waals surface area contributed by atoms with Crippen molar-refractivity contribution in [1.29, 1.82) is 0 Å². The maximum atomic E-state index is 13.4. The highest BCUT2D eigenvalue weighted by molar-refractivity contribution is 7.98. The van der Waals surface area contributed by atoms with E-state index in [0.29, 0.717) is 28.5 Å². The number of hydrogen-bond donors (Lipinski definition) is 2. The number of aryl methyl sites for hydroxylation is 2. The molecule has 2 aromatic carbocycles. The molecule has 1 unspecified atom stereocenters. The molecular weight excluding hydrogens is 442 g/mol. The minimum Gasteiger partial charge on any atom is -0.343 e. The second kappa shape index (κ2) is 8.58. The Morgan fingerprint density at radius 3 is 2.50 bits per heavy atom. The molecule has 1 aromatic heterocycles. The molecule has 0 saturated heterocycles. The van der Waals surface area contributed by atoms with Gasteiger partial charge in [0.1, 0.15) is 5.82 Å². The molecule has 34 heavy (non-hydrogen) atoms. The van der Waals surface area contributed by atoms with Crippen molar-refractivity contribution >= 4 is 23.4 Å². The molecule has 2 heterocycles. The van der Waals surface area contributed by atoms with Gasteiger partial charge in [0, 0.05) is 29.4 Å². The van der Waals surface area contributed by atoms with E-state index in [1.807, 2.05) is 43.3 Å². The quantitative estimate of drug-likeness (QED) is 0.367. The van der Waals surface area contributed by atoms with Gasteiger partial charge in [0.05, 0.1) is 5.56 Å². The van der Waals surface area contributed by atoms with Crippen molar-refractivity contribution in [3.63, 3.8) is 0 Å². The van der Waals surface area contributed by atoms with Gasteiger partial charge in [-0.05, 0) is 42.4 Å². The third kappa shape index (κ3) is 4.23. The van der Waals surface area contributed by atoms with Gasteiger partial charge in [-0.2, -0.15) is 0 Å². The number of nitrogens with zero attached hydrogens (tertiary/aromatic N) is 1. The SMILES string of the molecule is Cc1ccc(C2C3=C(CC(C)(C)CC3=O)Nc3nc(SCc4ccccc4C)[nH]c(=O)c32)cc1. The lowest BCUT2D eigenvalue weighted by Crippen LogP contribution is -2.37. The normalized spacial score (nSPS) is 18.8. The Morgan fingerprint density at radius 2 is 1.76 bits per heavy atom. The van der Waals surface area contributed by atoms with Crippen LogP contribution >= 0.6 is 11.8 Å². The van der Waals surface area contributed by atoms with Crippen molar-refractivity contribution in [2.45, 2.75) is 57.4 Å². The van der Waals surface area contributed by atoms with E-state index in [1.54, 1.807) is 0 Å². The first-order valence-corrected chi connectivity index (χ1v) is 12.6. The number of nitrogens with one attached hydrogen (secondary N) is 2. The summed E-state index contributed by atoms with van der Waals surface area (Å²) in [7, 11) is 0. The molecule has 5 rings (SSSR count). The number of H-pyrrole nitrogens is 1. The van der Waals surface area contributed by atoms with Crippen molar-refractivity contribution in [1.82, 2.24) is 9.97 Å². The van der Waals surface area contributed by atoms with Gasteiger partial charge in [0.25, 0.3) is 5.56 Å². The molecule has 1 aliphatic heterocycles. The molecule has 0 fully saturated rings. The molecule has 5 nitrogen and oxygen atoms in total. The van der Waals surface area contributed by atoms with Gasteiger partial charge in [0.15, 0.2) is 10.9 Å². The van der Waals surface area contributed by atoms with Gasteiger partial charge in [-0.15, -0.1) is 0 Å². The first-order chi connectivity index (χ1) is 16.2. The number of aromatic nitrogens is 2. The molecule has 2 aliphatic rings. The van der Waals surface area contributed by atoms with E-state index < -0.39 is 5.92 Å². The number of hydrogen-bond acceptors (Lipinski definition) is 5. The summed E-state index contributed by atoms with van der Waals surface area (Å²) in [5.41, 5.74) is 6.31. The first kappa shape index (κ1) is 22.7. The predicted molar refractivity (Wildman–Crippen MR) is 137 cm³/mol. The van der Waals surface area contributed by atoms with E-state index >= 15 is 0 Å². The van der Waals surface area contributed by atoms with Gasteiger partial charge in [-0.25, -0.2) is 4.98 Å². The van der Waals surface area contributed by atoms with Crippen LogP contribution in [0.4, 0.5) is 5.82 Å². The molecule has 1 aliphatic carbocycles. The summed E-state index contributed by atoms with van der Waals surface area (Å²) in [5.74, 6) is 0.968. The van der Waals surface area contributed by atoms with Gasteiger partial charge in [0.2, 0.25) is 0 Å². The molecular formula is C28H29N3O2S. The second-order valence-corrected chi connectivity index (χ2v) is 11.1. The van der Waals surface area contributed by atoms with Gasteiger partial charge in [-0.1, -0.05) is 79.7 Å². The summed E-state index contributed by atoms with van der Waals surface area (Å²) in [4.78, 5) is 34.6. The van der Waals surface area contributed by atoms with Gasteiger partial charge in [-0.3, -0.25) is 9.59 Å². The number of fused-ring (bicyclic) bond motifs is 1. The molecule has 0 amide bonds. The lowest BCUT2D eigenvalue weighted by molar-refractivity contribution is -0.118. The lowest BCUT2D eigenvalue weighted by atomic mass is 9.69. The van der Waals surface area contributed by atoms with E-state index in [9.17, 15) is 9.59 Å². The van der Waals surface area contributed by atoms with Crippen LogP contribution in [-0.4, -0.2) is 15.8 Å². The van der Waals surface area contributed by atoms with Crippen molar-refractivity contribution in [3.8, 4) is 0 Å². The fourth-order valence-corrected chi connectivity index (χ4v) is 5.91. The topological polar surface area (TPSA) is 74.8 Å². The maximum absolute atomic E-state index is 13.4. The number of benzene rings is 2. The lowest BCUT2D eigenvalue weighted by Gasteiger charge is -2.38. The van der Waals surface area contributed by atoms with E-state index in [-0.39, 0.29) is 16.8 Å². The molecule has 2 N–H and O–H groups in total. The molecule has 174 valence electrons. The van der Waals surface area contributed by atoms with Crippen molar-refractivity contribution < 1.29 is 4.79 Å². The van der Waals surface area contributed by atoms with Crippen LogP contribution in [0.25, 0.3) is 0 Å². The van der Waals surface area contributed by atoms with Crippen LogP contribution in [0.2, 0.25) is 0 Å². The minimum absolute atomic E-state index is 0.104. The molecule has 1 atom stereocenters. The Hall–Kier alpha value is -3.12. The van der Waals surface area contributed by atoms with Crippen LogP contribution in [-0.2, 0) is 10.5 Å². The number of rotatable bonds is 4. The molecule has 6 heteroatoms. The van der Waals surface area contributed by atoms with Crippen molar-refractivity contribution in [2.24, 2.45) is 5.41 Å². The number of ketones is 1. The zero-order valence-electron chi connectivity index (χ0n) is 20.0. The number of anilines is 1.